The van der Waals surface area contributed by atoms with Crippen molar-refractivity contribution in [2.24, 2.45) is 0 Å². The van der Waals surface area contributed by atoms with Gasteiger partial charge in [-0.1, -0.05) is 72.8 Å². The molecule has 0 heterocycles. The minimum atomic E-state index is 0. The first-order valence-electron chi connectivity index (χ1n) is 8.93. The second-order valence-electron chi connectivity index (χ2n) is 6.99. The Morgan fingerprint density at radius 3 is 2.15 bits per heavy atom. The van der Waals surface area contributed by atoms with Crippen LogP contribution in [0, 0.1) is 13.8 Å². The van der Waals surface area contributed by atoms with Crippen LogP contribution in [-0.4, -0.2) is 0 Å². The summed E-state index contributed by atoms with van der Waals surface area (Å²) in [6, 6.07) is 26.4. The molecule has 4 aromatic rings. The smallest absolute Gasteiger partial charge is 0.115 e. The molecule has 0 fully saturated rings. The molecule has 4 rings (SSSR count). The number of hydrogen-bond donors (Lipinski definition) is 1. The van der Waals surface area contributed by atoms with Gasteiger partial charge >= 0.3 is 0 Å². The number of quaternary nitrogens is 1. The van der Waals surface area contributed by atoms with Crippen LogP contribution in [0.1, 0.15) is 28.3 Å². The third kappa shape index (κ3) is 3.21. The number of aryl methyl sites for hydroxylation is 1. The van der Waals surface area contributed by atoms with E-state index in [-0.39, 0.29) is 18.4 Å². The van der Waals surface area contributed by atoms with Crippen LogP contribution in [0.25, 0.3) is 21.5 Å². The fraction of sp³-hybridized carbons (Fsp3) is 0.167. The molecule has 1 atom stereocenters. The molecule has 4 aromatic carbocycles. The van der Waals surface area contributed by atoms with E-state index < -0.39 is 0 Å². The van der Waals surface area contributed by atoms with E-state index >= 15 is 0 Å². The number of fused-ring (bicyclic) bond motifs is 2. The molecule has 0 aliphatic carbocycles. The zero-order valence-electron chi connectivity index (χ0n) is 15.3. The minimum Gasteiger partial charge on any atom is -1.00 e. The lowest BCUT2D eigenvalue weighted by Crippen LogP contribution is -3.00. The van der Waals surface area contributed by atoms with Gasteiger partial charge in [0.15, 0.2) is 0 Å². The Bertz CT molecular complexity index is 1060. The van der Waals surface area contributed by atoms with Crippen molar-refractivity contribution in [3.63, 3.8) is 0 Å². The van der Waals surface area contributed by atoms with Gasteiger partial charge in [-0.2, -0.15) is 0 Å². The summed E-state index contributed by atoms with van der Waals surface area (Å²) in [5, 5.41) is 5.30. The second kappa shape index (κ2) is 7.49. The van der Waals surface area contributed by atoms with E-state index in [1.807, 2.05) is 0 Å². The van der Waals surface area contributed by atoms with Crippen LogP contribution >= 0.6 is 0 Å². The number of benzene rings is 4. The standard InChI is InChI=1S/C24H23N.ClH/c1-16-14-19-9-4-6-12-21(19)23(17(16)2)15-24(25)22-13-7-10-18-8-3-5-11-20(18)22;/h3-14,24H,15,25H2,1-2H3;1H. The van der Waals surface area contributed by atoms with E-state index in [0.717, 1.165) is 6.42 Å². The van der Waals surface area contributed by atoms with Crippen molar-refractivity contribution in [1.82, 2.24) is 0 Å². The molecular formula is C24H24ClN. The maximum Gasteiger partial charge on any atom is 0.115 e. The second-order valence-corrected chi connectivity index (χ2v) is 6.99. The van der Waals surface area contributed by atoms with Crippen LogP contribution in [0.5, 0.6) is 0 Å². The molecule has 0 saturated carbocycles. The zero-order chi connectivity index (χ0) is 17.4. The average molecular weight is 362 g/mol. The van der Waals surface area contributed by atoms with Crippen molar-refractivity contribution in [3.8, 4) is 0 Å². The summed E-state index contributed by atoms with van der Waals surface area (Å²) in [6.07, 6.45) is 0.960. The van der Waals surface area contributed by atoms with E-state index in [4.69, 9.17) is 0 Å². The molecule has 0 aliphatic rings. The molecule has 0 saturated heterocycles. The van der Waals surface area contributed by atoms with Gasteiger partial charge in [0.2, 0.25) is 0 Å². The van der Waals surface area contributed by atoms with Gasteiger partial charge in [0.05, 0.1) is 0 Å². The lowest BCUT2D eigenvalue weighted by molar-refractivity contribution is -0.425. The van der Waals surface area contributed by atoms with Gasteiger partial charge in [-0.3, -0.25) is 0 Å². The maximum atomic E-state index is 4.53. The van der Waals surface area contributed by atoms with E-state index in [9.17, 15) is 0 Å². The number of halogens is 1. The van der Waals surface area contributed by atoms with Gasteiger partial charge in [0, 0.05) is 12.0 Å². The van der Waals surface area contributed by atoms with Gasteiger partial charge in [0.1, 0.15) is 6.04 Å². The molecule has 0 amide bonds. The Morgan fingerprint density at radius 1 is 0.769 bits per heavy atom. The molecule has 0 bridgehead atoms. The molecule has 0 spiro atoms. The Labute approximate surface area is 161 Å². The van der Waals surface area contributed by atoms with Gasteiger partial charge in [0.25, 0.3) is 0 Å². The Balaban J connectivity index is 0.00000196. The van der Waals surface area contributed by atoms with Crippen molar-refractivity contribution >= 4 is 21.5 Å². The van der Waals surface area contributed by atoms with Crippen LogP contribution in [0.4, 0.5) is 0 Å². The summed E-state index contributed by atoms with van der Waals surface area (Å²) in [5.41, 5.74) is 10.1. The van der Waals surface area contributed by atoms with E-state index in [1.54, 1.807) is 0 Å². The third-order valence-electron chi connectivity index (χ3n) is 5.42. The van der Waals surface area contributed by atoms with Gasteiger partial charge in [-0.05, 0) is 52.1 Å². The van der Waals surface area contributed by atoms with E-state index in [2.05, 4.69) is 92.4 Å². The molecule has 0 aromatic heterocycles. The highest BCUT2D eigenvalue weighted by atomic mass is 35.5. The fourth-order valence-corrected chi connectivity index (χ4v) is 3.91. The summed E-state index contributed by atoms with van der Waals surface area (Å²) in [7, 11) is 0. The lowest BCUT2D eigenvalue weighted by atomic mass is 9.88. The van der Waals surface area contributed by atoms with E-state index in [1.165, 1.54) is 43.8 Å². The SMILES string of the molecule is Cc1cc2ccccc2c(CC([NH3+])c2cccc3ccccc23)c1C.[Cl-]. The van der Waals surface area contributed by atoms with Gasteiger partial charge < -0.3 is 18.1 Å². The molecule has 132 valence electrons. The first-order chi connectivity index (χ1) is 12.1. The summed E-state index contributed by atoms with van der Waals surface area (Å²) >= 11 is 0. The summed E-state index contributed by atoms with van der Waals surface area (Å²) in [4.78, 5) is 0. The molecule has 0 aliphatic heterocycles. The van der Waals surface area contributed by atoms with Crippen LogP contribution < -0.4 is 18.1 Å². The lowest BCUT2D eigenvalue weighted by Gasteiger charge is -2.17. The summed E-state index contributed by atoms with van der Waals surface area (Å²) in [5.74, 6) is 0. The van der Waals surface area contributed by atoms with Crippen LogP contribution in [0.2, 0.25) is 0 Å². The Morgan fingerprint density at radius 2 is 1.38 bits per heavy atom. The highest BCUT2D eigenvalue weighted by Crippen LogP contribution is 2.30. The van der Waals surface area contributed by atoms with Crippen LogP contribution in [0.15, 0.2) is 72.8 Å². The molecule has 3 N–H and O–H groups in total. The topological polar surface area (TPSA) is 27.6 Å². The summed E-state index contributed by atoms with van der Waals surface area (Å²) in [6.45, 7) is 4.45. The van der Waals surface area contributed by atoms with Crippen molar-refractivity contribution in [3.05, 3.63) is 95.1 Å². The van der Waals surface area contributed by atoms with Crippen molar-refractivity contribution in [1.29, 1.82) is 0 Å². The third-order valence-corrected chi connectivity index (χ3v) is 5.42. The molecule has 2 heteroatoms. The van der Waals surface area contributed by atoms with E-state index in [0.29, 0.717) is 0 Å². The first-order valence-corrected chi connectivity index (χ1v) is 8.93. The fourth-order valence-electron chi connectivity index (χ4n) is 3.91. The van der Waals surface area contributed by atoms with Crippen molar-refractivity contribution in [2.45, 2.75) is 26.3 Å². The highest BCUT2D eigenvalue weighted by molar-refractivity contribution is 5.88. The average Bonchev–Trinajstić information content (AvgIpc) is 2.64. The maximum absolute atomic E-state index is 4.53. The minimum absolute atomic E-state index is 0. The Hall–Kier alpha value is -2.35. The largest absolute Gasteiger partial charge is 1.00 e. The normalized spacial score (nSPS) is 12.1. The number of rotatable bonds is 3. The first kappa shape index (κ1) is 18.4. The molecule has 0 radical (unpaired) electrons. The molecule has 26 heavy (non-hydrogen) atoms. The van der Waals surface area contributed by atoms with Crippen LogP contribution in [-0.2, 0) is 6.42 Å². The molecule has 1 unspecified atom stereocenters. The van der Waals surface area contributed by atoms with Gasteiger partial charge in [-0.25, -0.2) is 0 Å². The monoisotopic (exact) mass is 361 g/mol. The highest BCUT2D eigenvalue weighted by Gasteiger charge is 2.17. The molecular weight excluding hydrogens is 338 g/mol. The van der Waals surface area contributed by atoms with Crippen molar-refractivity contribution in [2.75, 3.05) is 0 Å². The van der Waals surface area contributed by atoms with Crippen LogP contribution in [0.3, 0.4) is 0 Å². The van der Waals surface area contributed by atoms with Crippen molar-refractivity contribution < 1.29 is 18.1 Å². The Kier molecular flexibility index (Phi) is 5.31. The summed E-state index contributed by atoms with van der Waals surface area (Å²) < 4.78 is 0. The predicted molar refractivity (Wildman–Crippen MR) is 107 cm³/mol. The zero-order valence-corrected chi connectivity index (χ0v) is 16.1. The molecule has 1 nitrogen and oxygen atoms in total. The quantitative estimate of drug-likeness (QED) is 0.579. The van der Waals surface area contributed by atoms with Gasteiger partial charge in [-0.15, -0.1) is 0 Å². The number of hydrogen-bond acceptors (Lipinski definition) is 0. The predicted octanol–water partition coefficient (Wildman–Crippen LogP) is 2.14.